The van der Waals surface area contributed by atoms with Crippen LogP contribution in [-0.4, -0.2) is 47.3 Å². The van der Waals surface area contributed by atoms with Gasteiger partial charge in [-0.2, -0.15) is 4.99 Å². The number of amidine groups is 1. The van der Waals surface area contributed by atoms with E-state index in [1.807, 2.05) is 5.38 Å². The van der Waals surface area contributed by atoms with Crippen LogP contribution in [0.2, 0.25) is 0 Å². The number of rotatable bonds is 4. The van der Waals surface area contributed by atoms with E-state index in [-0.39, 0.29) is 11.1 Å². The van der Waals surface area contributed by atoms with Crippen LogP contribution >= 0.6 is 23.1 Å². The minimum Gasteiger partial charge on any atom is -0.379 e. The molecular formula is C18H18N4O2S2. The molecule has 134 valence electrons. The fraction of sp³-hybridized carbons (Fsp3) is 0.278. The van der Waals surface area contributed by atoms with Crippen molar-refractivity contribution in [3.8, 4) is 10.6 Å². The molecule has 1 aromatic heterocycles. The SMILES string of the molecule is NC1=NC(=O)/C(=C\c2csc(-c3cccc(CN4CCOCC4)c3)n2)S1. The molecule has 1 fully saturated rings. The predicted octanol–water partition coefficient (Wildman–Crippen LogP) is 2.57. The summed E-state index contributed by atoms with van der Waals surface area (Å²) in [5.41, 5.74) is 8.69. The second-order valence-electron chi connectivity index (χ2n) is 6.03. The number of aromatic nitrogens is 1. The Kier molecular flexibility index (Phi) is 5.16. The van der Waals surface area contributed by atoms with Gasteiger partial charge in [0.05, 0.1) is 23.8 Å². The van der Waals surface area contributed by atoms with Crippen molar-refractivity contribution in [2.45, 2.75) is 6.54 Å². The van der Waals surface area contributed by atoms with Gasteiger partial charge in [0.2, 0.25) is 0 Å². The largest absolute Gasteiger partial charge is 0.379 e. The zero-order valence-corrected chi connectivity index (χ0v) is 15.7. The minimum absolute atomic E-state index is 0.285. The van der Waals surface area contributed by atoms with Crippen molar-refractivity contribution in [1.82, 2.24) is 9.88 Å². The first-order valence-corrected chi connectivity index (χ1v) is 10.00. The molecule has 0 unspecified atom stereocenters. The average Bonchev–Trinajstić information content (AvgIpc) is 3.23. The van der Waals surface area contributed by atoms with Gasteiger partial charge in [-0.3, -0.25) is 9.69 Å². The zero-order valence-electron chi connectivity index (χ0n) is 14.1. The minimum atomic E-state index is -0.297. The molecule has 6 nitrogen and oxygen atoms in total. The average molecular weight is 387 g/mol. The van der Waals surface area contributed by atoms with Gasteiger partial charge in [0.1, 0.15) is 5.01 Å². The number of ether oxygens (including phenoxy) is 1. The maximum atomic E-state index is 11.7. The van der Waals surface area contributed by atoms with E-state index in [1.165, 1.54) is 17.3 Å². The van der Waals surface area contributed by atoms with Gasteiger partial charge in [-0.25, -0.2) is 4.98 Å². The molecule has 0 spiro atoms. The molecule has 3 heterocycles. The number of nitrogens with two attached hydrogens (primary N) is 1. The number of morpholine rings is 1. The first-order valence-electron chi connectivity index (χ1n) is 8.30. The Morgan fingerprint density at radius 1 is 1.31 bits per heavy atom. The predicted molar refractivity (Wildman–Crippen MR) is 106 cm³/mol. The summed E-state index contributed by atoms with van der Waals surface area (Å²) in [6.07, 6.45) is 1.74. The van der Waals surface area contributed by atoms with E-state index in [9.17, 15) is 4.79 Å². The van der Waals surface area contributed by atoms with Crippen LogP contribution in [-0.2, 0) is 16.1 Å². The summed E-state index contributed by atoms with van der Waals surface area (Å²) in [5, 5.41) is 3.16. The third kappa shape index (κ3) is 4.04. The molecule has 4 rings (SSSR count). The third-order valence-electron chi connectivity index (χ3n) is 4.12. The maximum absolute atomic E-state index is 11.7. The second kappa shape index (κ2) is 7.71. The highest BCUT2D eigenvalue weighted by molar-refractivity contribution is 8.18. The van der Waals surface area contributed by atoms with Crippen LogP contribution in [0.5, 0.6) is 0 Å². The number of amides is 1. The Morgan fingerprint density at radius 3 is 2.92 bits per heavy atom. The first kappa shape index (κ1) is 17.4. The molecule has 8 heteroatoms. The van der Waals surface area contributed by atoms with Crippen LogP contribution in [0.25, 0.3) is 16.6 Å². The van der Waals surface area contributed by atoms with Gasteiger partial charge in [0.15, 0.2) is 5.17 Å². The number of benzene rings is 1. The summed E-state index contributed by atoms with van der Waals surface area (Å²) in [4.78, 5) is 23.0. The van der Waals surface area contributed by atoms with Gasteiger partial charge >= 0.3 is 0 Å². The lowest BCUT2D eigenvalue weighted by Crippen LogP contribution is -2.35. The Balaban J connectivity index is 1.50. The van der Waals surface area contributed by atoms with Crippen molar-refractivity contribution < 1.29 is 9.53 Å². The summed E-state index contributed by atoms with van der Waals surface area (Å²) >= 11 is 2.75. The van der Waals surface area contributed by atoms with E-state index in [0.717, 1.165) is 49.1 Å². The van der Waals surface area contributed by atoms with E-state index >= 15 is 0 Å². The highest BCUT2D eigenvalue weighted by atomic mass is 32.2. The number of hydrogen-bond acceptors (Lipinski definition) is 7. The van der Waals surface area contributed by atoms with Gasteiger partial charge in [-0.1, -0.05) is 18.2 Å². The van der Waals surface area contributed by atoms with Crippen molar-refractivity contribution in [2.24, 2.45) is 10.7 Å². The van der Waals surface area contributed by atoms with Crippen LogP contribution in [0.15, 0.2) is 39.5 Å². The summed E-state index contributed by atoms with van der Waals surface area (Å²) < 4.78 is 5.40. The van der Waals surface area contributed by atoms with Crippen molar-refractivity contribution >= 4 is 40.2 Å². The summed E-state index contributed by atoms with van der Waals surface area (Å²) in [6, 6.07) is 8.45. The number of nitrogens with zero attached hydrogens (tertiary/aromatic N) is 3. The van der Waals surface area contributed by atoms with Crippen LogP contribution in [0.1, 0.15) is 11.3 Å². The van der Waals surface area contributed by atoms with Crippen LogP contribution in [0.4, 0.5) is 0 Å². The normalized spacial score (nSPS) is 19.9. The Morgan fingerprint density at radius 2 is 2.15 bits per heavy atom. The van der Waals surface area contributed by atoms with Crippen molar-refractivity contribution in [3.05, 3.63) is 45.8 Å². The van der Waals surface area contributed by atoms with E-state index in [0.29, 0.717) is 4.91 Å². The molecule has 0 atom stereocenters. The highest BCUT2D eigenvalue weighted by Gasteiger charge is 2.20. The molecule has 0 bridgehead atoms. The number of carbonyl (C=O) groups excluding carboxylic acids is 1. The summed E-state index contributed by atoms with van der Waals surface area (Å²) in [6.45, 7) is 4.46. The molecule has 1 aromatic carbocycles. The molecule has 1 saturated heterocycles. The lowest BCUT2D eigenvalue weighted by molar-refractivity contribution is -0.113. The number of aliphatic imine (C=N–C) groups is 1. The summed E-state index contributed by atoms with van der Waals surface area (Å²) in [7, 11) is 0. The molecule has 2 aliphatic heterocycles. The maximum Gasteiger partial charge on any atom is 0.286 e. The van der Waals surface area contributed by atoms with Gasteiger partial charge in [-0.05, 0) is 29.5 Å². The quantitative estimate of drug-likeness (QED) is 0.814. The van der Waals surface area contributed by atoms with Gasteiger partial charge in [0.25, 0.3) is 5.91 Å². The second-order valence-corrected chi connectivity index (χ2v) is 7.95. The fourth-order valence-corrected chi connectivity index (χ4v) is 4.31. The van der Waals surface area contributed by atoms with E-state index in [2.05, 4.69) is 39.1 Å². The first-order chi connectivity index (χ1) is 12.7. The Labute approximate surface area is 159 Å². The van der Waals surface area contributed by atoms with Crippen molar-refractivity contribution in [3.63, 3.8) is 0 Å². The molecule has 0 aliphatic carbocycles. The van der Waals surface area contributed by atoms with Gasteiger partial charge in [0, 0.05) is 30.6 Å². The number of thiazole rings is 1. The van der Waals surface area contributed by atoms with Crippen LogP contribution in [0.3, 0.4) is 0 Å². The van der Waals surface area contributed by atoms with Crippen molar-refractivity contribution in [1.29, 1.82) is 0 Å². The smallest absolute Gasteiger partial charge is 0.286 e. The number of hydrogen-bond donors (Lipinski definition) is 1. The molecule has 2 N–H and O–H groups in total. The standard InChI is InChI=1S/C18H18N4O2S2/c19-18-21-16(23)15(26-18)9-14-11-25-17(20-14)13-3-1-2-12(8-13)10-22-4-6-24-7-5-22/h1-3,8-9,11H,4-7,10H2,(H2,19,21,23)/b15-9+. The lowest BCUT2D eigenvalue weighted by atomic mass is 10.1. The van der Waals surface area contributed by atoms with Crippen molar-refractivity contribution in [2.75, 3.05) is 26.3 Å². The van der Waals surface area contributed by atoms with Gasteiger partial charge < -0.3 is 10.5 Å². The molecule has 0 radical (unpaired) electrons. The van der Waals surface area contributed by atoms with Gasteiger partial charge in [-0.15, -0.1) is 11.3 Å². The monoisotopic (exact) mass is 386 g/mol. The zero-order chi connectivity index (χ0) is 17.9. The topological polar surface area (TPSA) is 80.8 Å². The highest BCUT2D eigenvalue weighted by Crippen LogP contribution is 2.29. The number of thioether (sulfide) groups is 1. The number of carbonyl (C=O) groups is 1. The Bertz CT molecular complexity index is 885. The van der Waals surface area contributed by atoms with Crippen LogP contribution < -0.4 is 5.73 Å². The van der Waals surface area contributed by atoms with E-state index < -0.39 is 0 Å². The molecule has 1 amide bonds. The third-order valence-corrected chi connectivity index (χ3v) is 5.84. The Hall–Kier alpha value is -2.00. The molecular weight excluding hydrogens is 368 g/mol. The van der Waals surface area contributed by atoms with E-state index in [4.69, 9.17) is 10.5 Å². The van der Waals surface area contributed by atoms with Crippen LogP contribution in [0, 0.1) is 0 Å². The molecule has 2 aromatic rings. The van der Waals surface area contributed by atoms with E-state index in [1.54, 1.807) is 17.4 Å². The fourth-order valence-electron chi connectivity index (χ4n) is 2.87. The molecule has 2 aliphatic rings. The molecule has 0 saturated carbocycles. The lowest BCUT2D eigenvalue weighted by Gasteiger charge is -2.26. The summed E-state index contributed by atoms with van der Waals surface area (Å²) in [5.74, 6) is -0.297. The molecule has 26 heavy (non-hydrogen) atoms.